The maximum absolute atomic E-state index is 16.1. The topological polar surface area (TPSA) is 17.1 Å². The Balaban J connectivity index is 1.68. The third kappa shape index (κ3) is 5.81. The summed E-state index contributed by atoms with van der Waals surface area (Å²) in [6, 6.07) is 28.9. The minimum atomic E-state index is -2.66. The zero-order valence-corrected chi connectivity index (χ0v) is 25.1. The average Bonchev–Trinajstić information content (AvgIpc) is 2.97. The Kier molecular flexibility index (Phi) is 9.08. The van der Waals surface area contributed by atoms with Gasteiger partial charge in [-0.2, -0.15) is 0 Å². The molecule has 3 heteroatoms. The Morgan fingerprint density at radius 3 is 1.53 bits per heavy atom. The molecule has 0 radical (unpaired) electrons. The van der Waals surface area contributed by atoms with Crippen LogP contribution in [-0.4, -0.2) is 11.3 Å². The second kappa shape index (κ2) is 12.5. The molecule has 2 fully saturated rings. The molecule has 2 aliphatic rings. The first kappa shape index (κ1) is 27.6. The van der Waals surface area contributed by atoms with Crippen molar-refractivity contribution in [3.63, 3.8) is 0 Å². The molecule has 3 aromatic carbocycles. The summed E-state index contributed by atoms with van der Waals surface area (Å²) in [6.07, 6.45) is 12.0. The van der Waals surface area contributed by atoms with Crippen molar-refractivity contribution < 1.29 is 4.57 Å². The van der Waals surface area contributed by atoms with Crippen LogP contribution in [0.4, 0.5) is 0 Å². The summed E-state index contributed by atoms with van der Waals surface area (Å²) in [5.41, 5.74) is 4.34. The molecule has 2 aliphatic carbocycles. The van der Waals surface area contributed by atoms with E-state index in [-0.39, 0.29) is 5.66 Å². The van der Waals surface area contributed by atoms with Crippen molar-refractivity contribution >= 4 is 25.7 Å². The van der Waals surface area contributed by atoms with Crippen LogP contribution in [0.15, 0.2) is 90.8 Å². The maximum Gasteiger partial charge on any atom is 0.105 e. The van der Waals surface area contributed by atoms with Gasteiger partial charge in [-0.25, -0.2) is 0 Å². The van der Waals surface area contributed by atoms with Crippen molar-refractivity contribution in [3.8, 4) is 0 Å². The molecule has 0 amide bonds. The van der Waals surface area contributed by atoms with Crippen LogP contribution in [0.1, 0.15) is 86.6 Å². The van der Waals surface area contributed by atoms with Gasteiger partial charge in [0.15, 0.2) is 0 Å². The monoisotopic (exact) mass is 542 g/mol. The molecule has 0 bridgehead atoms. The molecule has 3 aromatic rings. The van der Waals surface area contributed by atoms with E-state index in [9.17, 15) is 0 Å². The fourth-order valence-electron chi connectivity index (χ4n) is 6.97. The quantitative estimate of drug-likeness (QED) is 0.259. The summed E-state index contributed by atoms with van der Waals surface area (Å²) in [4.78, 5) is 0. The smallest absolute Gasteiger partial charge is 0.105 e. The molecule has 0 aromatic heterocycles. The van der Waals surface area contributed by atoms with Gasteiger partial charge in [0, 0.05) is 11.3 Å². The molecule has 5 rings (SSSR count). The molecular formula is C35H44OP2. The largest absolute Gasteiger partial charge is 0.322 e. The van der Waals surface area contributed by atoms with E-state index in [0.29, 0.717) is 11.3 Å². The summed E-state index contributed by atoms with van der Waals surface area (Å²) in [6.45, 7) is 9.25. The highest BCUT2D eigenvalue weighted by molar-refractivity contribution is 7.78. The molecule has 1 nitrogen and oxygen atoms in total. The van der Waals surface area contributed by atoms with Crippen LogP contribution < -0.4 is 10.6 Å². The third-order valence-corrected chi connectivity index (χ3v) is 16.4. The number of hydrogen-bond donors (Lipinski definition) is 0. The average molecular weight is 543 g/mol. The van der Waals surface area contributed by atoms with Crippen molar-refractivity contribution in [3.05, 3.63) is 107 Å². The molecular weight excluding hydrogens is 498 g/mol. The van der Waals surface area contributed by atoms with E-state index in [2.05, 4.69) is 92.7 Å². The molecule has 200 valence electrons. The summed E-state index contributed by atoms with van der Waals surface area (Å²) in [5, 5.41) is 3.83. The van der Waals surface area contributed by atoms with Gasteiger partial charge in [-0.15, -0.1) is 0 Å². The van der Waals surface area contributed by atoms with Crippen LogP contribution in [0.2, 0.25) is 0 Å². The van der Waals surface area contributed by atoms with Crippen LogP contribution in [0, 0.1) is 13.8 Å². The van der Waals surface area contributed by atoms with Gasteiger partial charge in [0.05, 0.1) is 5.66 Å². The standard InChI is InChI=1S/C35H44OP2/c1-27-19-23-31(24-20-27)37(32-25-21-28(2)22-26-32)29(3)35(30-13-7-4-8-14-30)38(36,33-15-9-5-10-16-33)34-17-11-6-12-18-34/h4,7-8,13-14,19-26,33-35H,3,5-6,9-12,15-18H2,1-2H3. The Morgan fingerprint density at radius 2 is 1.11 bits per heavy atom. The zero-order valence-electron chi connectivity index (χ0n) is 23.3. The molecule has 1 atom stereocenters. The lowest BCUT2D eigenvalue weighted by molar-refractivity contribution is 0.443. The zero-order chi connectivity index (χ0) is 26.5. The molecule has 0 heterocycles. The predicted octanol–water partition coefficient (Wildman–Crippen LogP) is 10.0. The second-order valence-electron chi connectivity index (χ2n) is 11.7. The Morgan fingerprint density at radius 1 is 0.684 bits per heavy atom. The fraction of sp³-hybridized carbons (Fsp3) is 0.429. The number of rotatable bonds is 8. The van der Waals surface area contributed by atoms with Crippen LogP contribution in [-0.2, 0) is 4.57 Å². The SMILES string of the molecule is C=C(C(c1ccccc1)P(=O)(C1CCCCC1)C1CCCCC1)P(c1ccc(C)cc1)c1ccc(C)cc1. The number of benzene rings is 3. The van der Waals surface area contributed by atoms with Crippen molar-refractivity contribution in [1.82, 2.24) is 0 Å². The molecule has 0 saturated heterocycles. The van der Waals surface area contributed by atoms with Crippen molar-refractivity contribution in [1.29, 1.82) is 0 Å². The van der Waals surface area contributed by atoms with Crippen LogP contribution in [0.5, 0.6) is 0 Å². The van der Waals surface area contributed by atoms with E-state index in [0.717, 1.165) is 25.7 Å². The fourth-order valence-corrected chi connectivity index (χ4v) is 15.0. The van der Waals surface area contributed by atoms with Gasteiger partial charge in [-0.3, -0.25) is 0 Å². The van der Waals surface area contributed by atoms with Crippen LogP contribution in [0.25, 0.3) is 0 Å². The van der Waals surface area contributed by atoms with Gasteiger partial charge < -0.3 is 4.57 Å². The molecule has 38 heavy (non-hydrogen) atoms. The highest BCUT2D eigenvalue weighted by Crippen LogP contribution is 2.75. The maximum atomic E-state index is 16.1. The first-order valence-electron chi connectivity index (χ1n) is 14.7. The number of allylic oxidation sites excluding steroid dienone is 1. The van der Waals surface area contributed by atoms with E-state index in [1.165, 1.54) is 71.1 Å². The summed E-state index contributed by atoms with van der Waals surface area (Å²) >= 11 is 0. The van der Waals surface area contributed by atoms with Crippen LogP contribution in [0.3, 0.4) is 0 Å². The molecule has 0 N–H and O–H groups in total. The van der Waals surface area contributed by atoms with E-state index >= 15 is 4.57 Å². The molecule has 1 unspecified atom stereocenters. The first-order chi connectivity index (χ1) is 18.5. The predicted molar refractivity (Wildman–Crippen MR) is 168 cm³/mol. The second-order valence-corrected chi connectivity index (χ2v) is 17.4. The number of hydrogen-bond acceptors (Lipinski definition) is 1. The highest BCUT2D eigenvalue weighted by atomic mass is 31.2. The van der Waals surface area contributed by atoms with Gasteiger partial charge >= 0.3 is 0 Å². The van der Waals surface area contributed by atoms with Gasteiger partial charge in [-0.1, -0.05) is 135 Å². The summed E-state index contributed by atoms with van der Waals surface area (Å²) in [5.74, 6) is 0. The normalized spacial score (nSPS) is 18.4. The first-order valence-corrected chi connectivity index (χ1v) is 18.0. The van der Waals surface area contributed by atoms with Crippen LogP contribution >= 0.6 is 15.1 Å². The van der Waals surface area contributed by atoms with E-state index < -0.39 is 15.1 Å². The molecule has 0 spiro atoms. The summed E-state index contributed by atoms with van der Waals surface area (Å²) in [7, 11) is -3.53. The van der Waals surface area contributed by atoms with Gasteiger partial charge in [0.1, 0.15) is 7.14 Å². The van der Waals surface area contributed by atoms with E-state index in [1.807, 2.05) is 0 Å². The van der Waals surface area contributed by atoms with Crippen molar-refractivity contribution in [2.24, 2.45) is 0 Å². The number of aryl methyl sites for hydroxylation is 2. The summed E-state index contributed by atoms with van der Waals surface area (Å²) < 4.78 is 16.1. The minimum absolute atomic E-state index is 0.0800. The van der Waals surface area contributed by atoms with Crippen molar-refractivity contribution in [2.75, 3.05) is 0 Å². The Hall–Kier alpha value is -1.94. The lowest BCUT2D eigenvalue weighted by Crippen LogP contribution is -2.28. The minimum Gasteiger partial charge on any atom is -0.322 e. The molecule has 2 saturated carbocycles. The van der Waals surface area contributed by atoms with E-state index in [4.69, 9.17) is 6.58 Å². The van der Waals surface area contributed by atoms with Crippen molar-refractivity contribution in [2.45, 2.75) is 95.0 Å². The Labute approximate surface area is 232 Å². The highest BCUT2D eigenvalue weighted by Gasteiger charge is 2.49. The third-order valence-electron chi connectivity index (χ3n) is 9.00. The lowest BCUT2D eigenvalue weighted by atomic mass is 9.99. The molecule has 0 aliphatic heterocycles. The van der Waals surface area contributed by atoms with Gasteiger partial charge in [0.2, 0.25) is 0 Å². The van der Waals surface area contributed by atoms with Gasteiger partial charge in [0.25, 0.3) is 0 Å². The van der Waals surface area contributed by atoms with Gasteiger partial charge in [-0.05, 0) is 68.9 Å². The Bertz CT molecular complexity index is 1170. The van der Waals surface area contributed by atoms with E-state index in [1.54, 1.807) is 0 Å². The lowest BCUT2D eigenvalue weighted by Gasteiger charge is -2.44.